The largest absolute Gasteiger partial charge is 0.326 e. The van der Waals surface area contributed by atoms with Crippen LogP contribution in [0.1, 0.15) is 64.0 Å². The second-order valence-corrected chi connectivity index (χ2v) is 7.86. The van der Waals surface area contributed by atoms with E-state index in [1.54, 1.807) is 6.92 Å². The molecule has 0 radical (unpaired) electrons. The molecule has 1 aliphatic rings. The molecule has 0 spiro atoms. The highest BCUT2D eigenvalue weighted by atomic mass is 16.2. The van der Waals surface area contributed by atoms with Gasteiger partial charge in [-0.2, -0.15) is 0 Å². The first-order valence-electron chi connectivity index (χ1n) is 10.2. The van der Waals surface area contributed by atoms with E-state index >= 15 is 0 Å². The number of nitrogens with one attached hydrogen (secondary N) is 1. The van der Waals surface area contributed by atoms with Crippen molar-refractivity contribution in [2.75, 3.05) is 16.8 Å². The Balaban J connectivity index is 1.96. The monoisotopic (exact) mass is 378 g/mol. The van der Waals surface area contributed by atoms with E-state index in [2.05, 4.69) is 49.5 Å². The summed E-state index contributed by atoms with van der Waals surface area (Å²) in [6.45, 7) is 6.66. The molecule has 148 valence electrons. The maximum Gasteiger partial charge on any atom is 0.224 e. The van der Waals surface area contributed by atoms with Crippen LogP contribution in [0.5, 0.6) is 0 Å². The number of carbonyl (C=O) groups is 2. The fourth-order valence-electron chi connectivity index (χ4n) is 4.07. The van der Waals surface area contributed by atoms with E-state index in [-0.39, 0.29) is 17.2 Å². The Labute approximate surface area is 167 Å². The van der Waals surface area contributed by atoms with E-state index in [4.69, 9.17) is 0 Å². The molecule has 1 unspecified atom stereocenters. The van der Waals surface area contributed by atoms with Crippen molar-refractivity contribution in [3.8, 4) is 0 Å². The molecule has 1 aliphatic heterocycles. The number of carbonyl (C=O) groups excluding carboxylic acids is 2. The summed E-state index contributed by atoms with van der Waals surface area (Å²) in [5.41, 5.74) is 3.85. The molecular formula is C24H30N2O2. The van der Waals surface area contributed by atoms with Crippen LogP contribution in [0.25, 0.3) is 0 Å². The van der Waals surface area contributed by atoms with Crippen LogP contribution in [0.2, 0.25) is 0 Å². The molecule has 1 heterocycles. The Bertz CT molecular complexity index is 847. The van der Waals surface area contributed by atoms with Crippen molar-refractivity contribution in [1.29, 1.82) is 0 Å². The molecule has 0 saturated heterocycles. The molecule has 0 bridgehead atoms. The summed E-state index contributed by atoms with van der Waals surface area (Å²) in [4.78, 5) is 26.3. The average Bonchev–Trinajstić information content (AvgIpc) is 2.69. The third kappa shape index (κ3) is 4.11. The quantitative estimate of drug-likeness (QED) is 0.696. The molecule has 3 rings (SSSR count). The smallest absolute Gasteiger partial charge is 0.224 e. The van der Waals surface area contributed by atoms with E-state index in [0.717, 1.165) is 42.6 Å². The SMILES string of the molecule is CCCCCC(=O)Nc1ccc2c(c1)C(C)(c1ccccc1)CCN2C(C)=O. The van der Waals surface area contributed by atoms with Crippen molar-refractivity contribution in [1.82, 2.24) is 0 Å². The van der Waals surface area contributed by atoms with E-state index in [9.17, 15) is 9.59 Å². The van der Waals surface area contributed by atoms with Crippen LogP contribution < -0.4 is 10.2 Å². The first-order valence-corrected chi connectivity index (χ1v) is 10.2. The zero-order valence-electron chi connectivity index (χ0n) is 17.1. The normalized spacial score (nSPS) is 18.5. The number of hydrogen-bond donors (Lipinski definition) is 1. The molecule has 0 fully saturated rings. The molecule has 4 nitrogen and oxygen atoms in total. The Morgan fingerprint density at radius 2 is 1.86 bits per heavy atom. The van der Waals surface area contributed by atoms with Crippen molar-refractivity contribution in [2.45, 2.75) is 58.3 Å². The minimum absolute atomic E-state index is 0.0488. The summed E-state index contributed by atoms with van der Waals surface area (Å²) in [6.07, 6.45) is 4.46. The first-order chi connectivity index (χ1) is 13.5. The van der Waals surface area contributed by atoms with Gasteiger partial charge in [0.15, 0.2) is 0 Å². The predicted octanol–water partition coefficient (Wildman–Crippen LogP) is 5.27. The van der Waals surface area contributed by atoms with Gasteiger partial charge in [0.1, 0.15) is 0 Å². The van der Waals surface area contributed by atoms with Gasteiger partial charge in [-0.1, -0.05) is 57.0 Å². The van der Waals surface area contributed by atoms with E-state index in [1.165, 1.54) is 5.56 Å². The van der Waals surface area contributed by atoms with Crippen LogP contribution in [0.4, 0.5) is 11.4 Å². The number of fused-ring (bicyclic) bond motifs is 1. The summed E-state index contributed by atoms with van der Waals surface area (Å²) < 4.78 is 0. The second kappa shape index (κ2) is 8.59. The van der Waals surface area contributed by atoms with Crippen molar-refractivity contribution in [3.05, 3.63) is 59.7 Å². The number of nitrogens with zero attached hydrogens (tertiary/aromatic N) is 1. The highest BCUT2D eigenvalue weighted by Crippen LogP contribution is 2.45. The summed E-state index contributed by atoms with van der Waals surface area (Å²) in [6, 6.07) is 16.3. The lowest BCUT2D eigenvalue weighted by Gasteiger charge is -2.41. The Morgan fingerprint density at radius 3 is 2.54 bits per heavy atom. The third-order valence-corrected chi connectivity index (χ3v) is 5.80. The van der Waals surface area contributed by atoms with Gasteiger partial charge in [-0.25, -0.2) is 0 Å². The zero-order valence-corrected chi connectivity index (χ0v) is 17.1. The van der Waals surface area contributed by atoms with Gasteiger partial charge in [-0.05, 0) is 42.2 Å². The molecule has 0 aliphatic carbocycles. The molecule has 0 saturated carbocycles. The molecule has 1 atom stereocenters. The number of amides is 2. The molecule has 0 aromatic heterocycles. The van der Waals surface area contributed by atoms with E-state index < -0.39 is 0 Å². The van der Waals surface area contributed by atoms with E-state index in [1.807, 2.05) is 23.1 Å². The molecular weight excluding hydrogens is 348 g/mol. The van der Waals surface area contributed by atoms with Crippen LogP contribution in [0.15, 0.2) is 48.5 Å². The Morgan fingerprint density at radius 1 is 1.11 bits per heavy atom. The lowest BCUT2D eigenvalue weighted by molar-refractivity contribution is -0.117. The Hall–Kier alpha value is -2.62. The summed E-state index contributed by atoms with van der Waals surface area (Å²) in [5.74, 6) is 0.0989. The van der Waals surface area contributed by atoms with Crippen LogP contribution in [-0.2, 0) is 15.0 Å². The molecule has 2 aromatic rings. The number of hydrogen-bond acceptors (Lipinski definition) is 2. The minimum Gasteiger partial charge on any atom is -0.326 e. The van der Waals surface area contributed by atoms with Crippen molar-refractivity contribution in [2.24, 2.45) is 0 Å². The highest BCUT2D eigenvalue weighted by molar-refractivity contribution is 5.95. The van der Waals surface area contributed by atoms with Gasteiger partial charge in [0.25, 0.3) is 0 Å². The van der Waals surface area contributed by atoms with Gasteiger partial charge >= 0.3 is 0 Å². The van der Waals surface area contributed by atoms with Crippen LogP contribution in [0.3, 0.4) is 0 Å². The predicted molar refractivity (Wildman–Crippen MR) is 115 cm³/mol. The van der Waals surface area contributed by atoms with Gasteiger partial charge in [0, 0.05) is 36.7 Å². The van der Waals surface area contributed by atoms with Gasteiger partial charge in [0.05, 0.1) is 0 Å². The van der Waals surface area contributed by atoms with Crippen molar-refractivity contribution < 1.29 is 9.59 Å². The summed E-state index contributed by atoms with van der Waals surface area (Å²) >= 11 is 0. The summed E-state index contributed by atoms with van der Waals surface area (Å²) in [7, 11) is 0. The lowest BCUT2D eigenvalue weighted by atomic mass is 9.71. The molecule has 4 heteroatoms. The van der Waals surface area contributed by atoms with Crippen molar-refractivity contribution in [3.63, 3.8) is 0 Å². The average molecular weight is 379 g/mol. The third-order valence-electron chi connectivity index (χ3n) is 5.80. The minimum atomic E-state index is -0.203. The number of anilines is 2. The molecule has 2 aromatic carbocycles. The first kappa shape index (κ1) is 20.1. The molecule has 1 N–H and O–H groups in total. The van der Waals surface area contributed by atoms with Crippen LogP contribution in [-0.4, -0.2) is 18.4 Å². The fourth-order valence-corrected chi connectivity index (χ4v) is 4.07. The Kier molecular flexibility index (Phi) is 6.18. The highest BCUT2D eigenvalue weighted by Gasteiger charge is 2.37. The van der Waals surface area contributed by atoms with Crippen LogP contribution >= 0.6 is 0 Å². The summed E-state index contributed by atoms with van der Waals surface area (Å²) in [5, 5.41) is 3.04. The van der Waals surface area contributed by atoms with E-state index in [0.29, 0.717) is 13.0 Å². The fraction of sp³-hybridized carbons (Fsp3) is 0.417. The van der Waals surface area contributed by atoms with Gasteiger partial charge in [-0.3, -0.25) is 9.59 Å². The maximum absolute atomic E-state index is 12.3. The maximum atomic E-state index is 12.3. The lowest BCUT2D eigenvalue weighted by Crippen LogP contribution is -2.41. The van der Waals surface area contributed by atoms with Gasteiger partial charge < -0.3 is 10.2 Å². The molecule has 28 heavy (non-hydrogen) atoms. The van der Waals surface area contributed by atoms with Gasteiger partial charge in [0.2, 0.25) is 11.8 Å². The van der Waals surface area contributed by atoms with Crippen molar-refractivity contribution >= 4 is 23.2 Å². The zero-order chi connectivity index (χ0) is 20.1. The standard InChI is InChI=1S/C24H30N2O2/c1-4-5-7-12-23(28)25-20-13-14-22-21(17-20)24(3,15-16-26(22)18(2)27)19-10-8-6-9-11-19/h6,8-11,13-14,17H,4-5,7,12,15-16H2,1-3H3,(H,25,28). The number of rotatable bonds is 6. The number of benzene rings is 2. The number of unbranched alkanes of at least 4 members (excludes halogenated alkanes) is 2. The topological polar surface area (TPSA) is 49.4 Å². The molecule has 2 amide bonds. The van der Waals surface area contributed by atoms with Gasteiger partial charge in [-0.15, -0.1) is 0 Å². The second-order valence-electron chi connectivity index (χ2n) is 7.86. The van der Waals surface area contributed by atoms with Crippen LogP contribution in [0, 0.1) is 0 Å².